The maximum Gasteiger partial charge on any atom is 0.195 e. The molecule has 3 rings (SSSR count). The Morgan fingerprint density at radius 3 is 3.00 bits per heavy atom. The summed E-state index contributed by atoms with van der Waals surface area (Å²) in [6.45, 7) is 2.78. The number of aromatic nitrogens is 4. The summed E-state index contributed by atoms with van der Waals surface area (Å²) in [5, 5.41) is 2.05. The van der Waals surface area contributed by atoms with Gasteiger partial charge in [0.15, 0.2) is 10.8 Å². The summed E-state index contributed by atoms with van der Waals surface area (Å²) in [5.74, 6) is 2.03. The molecule has 100 valence electrons. The third-order valence-electron chi connectivity index (χ3n) is 3.14. The van der Waals surface area contributed by atoms with Crippen molar-refractivity contribution in [2.45, 2.75) is 26.2 Å². The van der Waals surface area contributed by atoms with Gasteiger partial charge in [0.2, 0.25) is 0 Å². The predicted molar refractivity (Wildman–Crippen MR) is 76.9 cm³/mol. The smallest absolute Gasteiger partial charge is 0.195 e. The Kier molecular flexibility index (Phi) is 3.35. The SMILES string of the molecule is CCCc1nccn1-c1nc2sccn2c1CCN. The minimum atomic E-state index is 0.619. The molecule has 6 heteroatoms. The molecule has 0 atom stereocenters. The van der Waals surface area contributed by atoms with Gasteiger partial charge in [-0.15, -0.1) is 11.3 Å². The molecule has 0 amide bonds. The molecule has 5 nitrogen and oxygen atoms in total. The lowest BCUT2D eigenvalue weighted by Gasteiger charge is -2.07. The molecule has 19 heavy (non-hydrogen) atoms. The van der Waals surface area contributed by atoms with E-state index < -0.39 is 0 Å². The topological polar surface area (TPSA) is 61.1 Å². The molecule has 0 unspecified atom stereocenters. The molecule has 0 spiro atoms. The zero-order valence-corrected chi connectivity index (χ0v) is 11.7. The molecular formula is C13H17N5S. The van der Waals surface area contributed by atoms with Crippen LogP contribution in [-0.4, -0.2) is 25.5 Å². The molecular weight excluding hydrogens is 258 g/mol. The lowest BCUT2D eigenvalue weighted by molar-refractivity contribution is 0.788. The first-order chi connectivity index (χ1) is 9.35. The minimum absolute atomic E-state index is 0.619. The Hall–Kier alpha value is -1.66. The van der Waals surface area contributed by atoms with Crippen molar-refractivity contribution in [1.29, 1.82) is 0 Å². The van der Waals surface area contributed by atoms with Crippen LogP contribution in [0.3, 0.4) is 0 Å². The van der Waals surface area contributed by atoms with Crippen molar-refractivity contribution < 1.29 is 0 Å². The van der Waals surface area contributed by atoms with Crippen molar-refractivity contribution in [2.75, 3.05) is 6.54 Å². The molecule has 0 aliphatic heterocycles. The monoisotopic (exact) mass is 275 g/mol. The molecule has 2 N–H and O–H groups in total. The van der Waals surface area contributed by atoms with Crippen LogP contribution in [0, 0.1) is 0 Å². The van der Waals surface area contributed by atoms with Gasteiger partial charge in [-0.2, -0.15) is 0 Å². The first-order valence-corrected chi connectivity index (χ1v) is 7.40. The van der Waals surface area contributed by atoms with E-state index in [1.165, 1.54) is 0 Å². The number of fused-ring (bicyclic) bond motifs is 1. The van der Waals surface area contributed by atoms with E-state index in [-0.39, 0.29) is 0 Å². The molecule has 0 aliphatic rings. The average Bonchev–Trinajstić information content (AvgIpc) is 3.07. The van der Waals surface area contributed by atoms with Gasteiger partial charge >= 0.3 is 0 Å². The fourth-order valence-corrected chi connectivity index (χ4v) is 3.05. The maximum atomic E-state index is 5.74. The highest BCUT2D eigenvalue weighted by atomic mass is 32.1. The van der Waals surface area contributed by atoms with Gasteiger partial charge in [-0.3, -0.25) is 8.97 Å². The Balaban J connectivity index is 2.15. The van der Waals surface area contributed by atoms with E-state index >= 15 is 0 Å². The van der Waals surface area contributed by atoms with Crippen molar-refractivity contribution in [3.05, 3.63) is 35.5 Å². The second kappa shape index (κ2) is 5.14. The fourth-order valence-electron chi connectivity index (χ4n) is 2.32. The van der Waals surface area contributed by atoms with Crippen LogP contribution in [-0.2, 0) is 12.8 Å². The van der Waals surface area contributed by atoms with Crippen molar-refractivity contribution in [2.24, 2.45) is 5.73 Å². The molecule has 3 aromatic rings. The Morgan fingerprint density at radius 2 is 2.21 bits per heavy atom. The Labute approximate surface area is 115 Å². The van der Waals surface area contributed by atoms with Gasteiger partial charge in [-0.1, -0.05) is 6.92 Å². The molecule has 0 aromatic carbocycles. The highest BCUT2D eigenvalue weighted by Crippen LogP contribution is 2.22. The van der Waals surface area contributed by atoms with Crippen LogP contribution in [0.1, 0.15) is 24.9 Å². The van der Waals surface area contributed by atoms with Gasteiger partial charge in [-0.25, -0.2) is 9.97 Å². The van der Waals surface area contributed by atoms with Crippen LogP contribution < -0.4 is 5.73 Å². The van der Waals surface area contributed by atoms with Crippen molar-refractivity contribution in [1.82, 2.24) is 18.9 Å². The van der Waals surface area contributed by atoms with Crippen LogP contribution in [0.15, 0.2) is 24.0 Å². The predicted octanol–water partition coefficient (Wildman–Crippen LogP) is 2.04. The second-order valence-electron chi connectivity index (χ2n) is 4.44. The lowest BCUT2D eigenvalue weighted by Crippen LogP contribution is -2.09. The molecule has 0 aliphatic carbocycles. The summed E-state index contributed by atoms with van der Waals surface area (Å²) in [5.41, 5.74) is 6.90. The first-order valence-electron chi connectivity index (χ1n) is 6.52. The van der Waals surface area contributed by atoms with Crippen molar-refractivity contribution in [3.63, 3.8) is 0 Å². The standard InChI is InChI=1S/C13H17N5S/c1-2-3-11-15-6-7-18(11)12-10(4-5-14)17-8-9-19-13(17)16-12/h6-9H,2-5,14H2,1H3. The average molecular weight is 275 g/mol. The van der Waals surface area contributed by atoms with Crippen LogP contribution in [0.5, 0.6) is 0 Å². The molecule has 0 fully saturated rings. The first kappa shape index (κ1) is 12.4. The molecule has 0 bridgehead atoms. The Bertz CT molecular complexity index is 678. The van der Waals surface area contributed by atoms with Gasteiger partial charge in [0, 0.05) is 36.8 Å². The fraction of sp³-hybridized carbons (Fsp3) is 0.385. The number of rotatable bonds is 5. The summed E-state index contributed by atoms with van der Waals surface area (Å²) in [7, 11) is 0. The second-order valence-corrected chi connectivity index (χ2v) is 5.31. The molecule has 0 saturated heterocycles. The maximum absolute atomic E-state index is 5.74. The number of hydrogen-bond acceptors (Lipinski definition) is 4. The quantitative estimate of drug-likeness (QED) is 0.775. The third-order valence-corrected chi connectivity index (χ3v) is 3.90. The normalized spacial score (nSPS) is 11.5. The number of imidazole rings is 2. The molecule has 0 saturated carbocycles. The van der Waals surface area contributed by atoms with E-state index in [4.69, 9.17) is 10.7 Å². The number of aryl methyl sites for hydroxylation is 1. The van der Waals surface area contributed by atoms with Gasteiger partial charge in [0.25, 0.3) is 0 Å². The summed E-state index contributed by atoms with van der Waals surface area (Å²) >= 11 is 1.64. The largest absolute Gasteiger partial charge is 0.330 e. The van der Waals surface area contributed by atoms with E-state index in [1.54, 1.807) is 11.3 Å². The molecule has 0 radical (unpaired) electrons. The van der Waals surface area contributed by atoms with Gasteiger partial charge < -0.3 is 5.73 Å². The van der Waals surface area contributed by atoms with Crippen molar-refractivity contribution in [3.8, 4) is 5.82 Å². The van der Waals surface area contributed by atoms with Crippen LogP contribution in [0.25, 0.3) is 10.8 Å². The summed E-state index contributed by atoms with van der Waals surface area (Å²) < 4.78 is 4.22. The van der Waals surface area contributed by atoms with Crippen LogP contribution >= 0.6 is 11.3 Å². The number of thiazole rings is 1. The molecule has 3 aromatic heterocycles. The summed E-state index contributed by atoms with van der Waals surface area (Å²) in [4.78, 5) is 10.2. The zero-order chi connectivity index (χ0) is 13.2. The minimum Gasteiger partial charge on any atom is -0.330 e. The third kappa shape index (κ3) is 2.06. The summed E-state index contributed by atoms with van der Waals surface area (Å²) in [6.07, 6.45) is 8.72. The zero-order valence-electron chi connectivity index (χ0n) is 10.9. The van der Waals surface area contributed by atoms with Gasteiger partial charge in [-0.05, 0) is 13.0 Å². The van der Waals surface area contributed by atoms with E-state index in [1.807, 2.05) is 17.8 Å². The van der Waals surface area contributed by atoms with Gasteiger partial charge in [0.05, 0.1) is 5.69 Å². The summed E-state index contributed by atoms with van der Waals surface area (Å²) in [6, 6.07) is 0. The molecule has 3 heterocycles. The lowest BCUT2D eigenvalue weighted by atomic mass is 10.3. The highest BCUT2D eigenvalue weighted by Gasteiger charge is 2.16. The van der Waals surface area contributed by atoms with Crippen LogP contribution in [0.2, 0.25) is 0 Å². The number of hydrogen-bond donors (Lipinski definition) is 1. The van der Waals surface area contributed by atoms with Crippen molar-refractivity contribution >= 4 is 16.3 Å². The van der Waals surface area contributed by atoms with E-state index in [9.17, 15) is 0 Å². The highest BCUT2D eigenvalue weighted by molar-refractivity contribution is 7.15. The van der Waals surface area contributed by atoms with E-state index in [0.29, 0.717) is 6.54 Å². The van der Waals surface area contributed by atoms with E-state index in [0.717, 1.165) is 41.6 Å². The number of nitrogens with two attached hydrogens (primary N) is 1. The Morgan fingerprint density at radius 1 is 1.32 bits per heavy atom. The van der Waals surface area contributed by atoms with Gasteiger partial charge in [0.1, 0.15) is 5.82 Å². The van der Waals surface area contributed by atoms with E-state index in [2.05, 4.69) is 27.1 Å². The van der Waals surface area contributed by atoms with Crippen LogP contribution in [0.4, 0.5) is 0 Å². The number of nitrogens with zero attached hydrogens (tertiary/aromatic N) is 4.